The number of allylic oxidation sites excluding steroid dienone is 2. The minimum atomic E-state index is 0.192. The average Bonchev–Trinajstić information content (AvgIpc) is 2.60. The van der Waals surface area contributed by atoms with Crippen LogP contribution in [0.5, 0.6) is 11.5 Å². The van der Waals surface area contributed by atoms with Crippen LogP contribution in [0.1, 0.15) is 36.3 Å². The second-order valence-corrected chi connectivity index (χ2v) is 6.56. The molecule has 2 atom stereocenters. The molecule has 0 saturated heterocycles. The Morgan fingerprint density at radius 2 is 1.33 bits per heavy atom. The van der Waals surface area contributed by atoms with E-state index in [0.717, 1.165) is 30.4 Å². The normalized spacial score (nSPS) is 20.4. The highest BCUT2D eigenvalue weighted by atomic mass is 16.3. The number of hydrogen-bond donors (Lipinski definition) is 3. The van der Waals surface area contributed by atoms with Crippen molar-refractivity contribution in [2.75, 3.05) is 6.61 Å². The van der Waals surface area contributed by atoms with E-state index >= 15 is 0 Å². The lowest BCUT2D eigenvalue weighted by atomic mass is 9.74. The van der Waals surface area contributed by atoms with Crippen molar-refractivity contribution in [2.45, 2.75) is 25.2 Å². The molecule has 1 unspecified atom stereocenters. The lowest BCUT2D eigenvalue weighted by molar-refractivity contribution is 0.259. The summed E-state index contributed by atoms with van der Waals surface area (Å²) in [5.74, 6) is 1.56. The molecule has 0 amide bonds. The van der Waals surface area contributed by atoms with E-state index in [1.165, 1.54) is 0 Å². The first kappa shape index (κ1) is 16.6. The monoisotopic (exact) mass is 324 g/mol. The number of aliphatic hydroxyl groups is 1. The molecule has 3 nitrogen and oxygen atoms in total. The molecule has 126 valence electrons. The van der Waals surface area contributed by atoms with Gasteiger partial charge >= 0.3 is 0 Å². The van der Waals surface area contributed by atoms with Gasteiger partial charge in [-0.15, -0.1) is 0 Å². The maximum Gasteiger partial charge on any atom is 0.115 e. The van der Waals surface area contributed by atoms with Gasteiger partial charge in [-0.1, -0.05) is 36.4 Å². The van der Waals surface area contributed by atoms with Crippen molar-refractivity contribution in [3.63, 3.8) is 0 Å². The Labute approximate surface area is 142 Å². The second kappa shape index (κ2) is 7.54. The standard InChI is InChI=1S/C21H24O3/c22-14-13-15-1-3-16(4-2-15)21(17-5-9-19(23)10-6-17)18-7-11-20(24)12-8-18/h1,3,5-12,15-16,21-24H,2,4,13-14H2/t15-,16?/m1/s1. The minimum Gasteiger partial charge on any atom is -0.508 e. The molecule has 3 heteroatoms. The van der Waals surface area contributed by atoms with E-state index in [2.05, 4.69) is 12.2 Å². The van der Waals surface area contributed by atoms with Crippen LogP contribution in [-0.4, -0.2) is 21.9 Å². The third-order valence-electron chi connectivity index (χ3n) is 4.93. The van der Waals surface area contributed by atoms with Gasteiger partial charge in [-0.25, -0.2) is 0 Å². The molecule has 0 heterocycles. The van der Waals surface area contributed by atoms with E-state index in [1.807, 2.05) is 24.3 Å². The van der Waals surface area contributed by atoms with Crippen molar-refractivity contribution in [1.29, 1.82) is 0 Å². The summed E-state index contributed by atoms with van der Waals surface area (Å²) < 4.78 is 0. The molecule has 0 bridgehead atoms. The van der Waals surface area contributed by atoms with Crippen molar-refractivity contribution in [3.8, 4) is 11.5 Å². The molecule has 1 aliphatic carbocycles. The molecular weight excluding hydrogens is 300 g/mol. The van der Waals surface area contributed by atoms with Crippen LogP contribution >= 0.6 is 0 Å². The Bertz CT molecular complexity index is 628. The van der Waals surface area contributed by atoms with Gasteiger partial charge in [0.15, 0.2) is 0 Å². The number of hydrogen-bond acceptors (Lipinski definition) is 3. The molecule has 24 heavy (non-hydrogen) atoms. The summed E-state index contributed by atoms with van der Waals surface area (Å²) in [5, 5.41) is 28.3. The Hall–Kier alpha value is -2.26. The topological polar surface area (TPSA) is 60.7 Å². The molecular formula is C21H24O3. The summed E-state index contributed by atoms with van der Waals surface area (Å²) in [6.07, 6.45) is 7.47. The van der Waals surface area contributed by atoms with E-state index in [4.69, 9.17) is 5.11 Å². The van der Waals surface area contributed by atoms with Gasteiger partial charge in [-0.3, -0.25) is 0 Å². The van der Waals surface area contributed by atoms with Gasteiger partial charge in [-0.2, -0.15) is 0 Å². The summed E-state index contributed by atoms with van der Waals surface area (Å²) in [5.41, 5.74) is 2.32. The number of rotatable bonds is 5. The SMILES string of the molecule is OCC[C@@H]1C=CC(C(c2ccc(O)cc2)c2ccc(O)cc2)CC1. The minimum absolute atomic E-state index is 0.192. The van der Waals surface area contributed by atoms with Crippen LogP contribution in [0.3, 0.4) is 0 Å². The highest BCUT2D eigenvalue weighted by Gasteiger charge is 2.26. The second-order valence-electron chi connectivity index (χ2n) is 6.56. The quantitative estimate of drug-likeness (QED) is 0.723. The fraction of sp³-hybridized carbons (Fsp3) is 0.333. The zero-order chi connectivity index (χ0) is 16.9. The molecule has 2 aromatic carbocycles. The maximum absolute atomic E-state index is 9.58. The highest BCUT2D eigenvalue weighted by molar-refractivity contribution is 5.39. The lowest BCUT2D eigenvalue weighted by Crippen LogP contribution is -2.18. The van der Waals surface area contributed by atoms with Gasteiger partial charge < -0.3 is 15.3 Å². The van der Waals surface area contributed by atoms with Gasteiger partial charge in [0.05, 0.1) is 0 Å². The Balaban J connectivity index is 1.92. The third-order valence-corrected chi connectivity index (χ3v) is 4.93. The summed E-state index contributed by atoms with van der Waals surface area (Å²) in [6, 6.07) is 14.8. The van der Waals surface area contributed by atoms with Crippen molar-refractivity contribution in [2.24, 2.45) is 11.8 Å². The van der Waals surface area contributed by atoms with Crippen molar-refractivity contribution < 1.29 is 15.3 Å². The molecule has 3 N–H and O–H groups in total. The number of phenolic OH excluding ortho intramolecular Hbond substituents is 2. The fourth-order valence-electron chi connectivity index (χ4n) is 3.63. The largest absolute Gasteiger partial charge is 0.508 e. The third kappa shape index (κ3) is 3.80. The van der Waals surface area contributed by atoms with Crippen LogP contribution in [0, 0.1) is 11.8 Å². The van der Waals surface area contributed by atoms with Crippen LogP contribution in [-0.2, 0) is 0 Å². The fourth-order valence-corrected chi connectivity index (χ4v) is 3.63. The summed E-state index contributed by atoms with van der Waals surface area (Å²) in [7, 11) is 0. The molecule has 0 saturated carbocycles. The number of aliphatic hydroxyl groups excluding tert-OH is 1. The highest BCUT2D eigenvalue weighted by Crippen LogP contribution is 2.40. The first-order chi connectivity index (χ1) is 11.7. The average molecular weight is 324 g/mol. The predicted octanol–water partition coefficient (Wildman–Crippen LogP) is 4.19. The first-order valence-electron chi connectivity index (χ1n) is 8.54. The van der Waals surface area contributed by atoms with Gasteiger partial charge in [0.2, 0.25) is 0 Å². The van der Waals surface area contributed by atoms with Crippen molar-refractivity contribution in [1.82, 2.24) is 0 Å². The predicted molar refractivity (Wildman–Crippen MR) is 95.1 cm³/mol. The van der Waals surface area contributed by atoms with Crippen LogP contribution in [0.4, 0.5) is 0 Å². The van der Waals surface area contributed by atoms with Crippen LogP contribution in [0.25, 0.3) is 0 Å². The van der Waals surface area contributed by atoms with E-state index in [1.54, 1.807) is 24.3 Å². The van der Waals surface area contributed by atoms with Gasteiger partial charge in [0.1, 0.15) is 11.5 Å². The molecule has 0 radical (unpaired) electrons. The van der Waals surface area contributed by atoms with Crippen molar-refractivity contribution in [3.05, 3.63) is 71.8 Å². The van der Waals surface area contributed by atoms with E-state index in [-0.39, 0.29) is 24.0 Å². The number of aromatic hydroxyl groups is 2. The Kier molecular flexibility index (Phi) is 5.21. The summed E-state index contributed by atoms with van der Waals surface area (Å²) >= 11 is 0. The molecule has 0 aromatic heterocycles. The summed E-state index contributed by atoms with van der Waals surface area (Å²) in [4.78, 5) is 0. The van der Waals surface area contributed by atoms with Gasteiger partial charge in [0, 0.05) is 12.5 Å². The maximum atomic E-state index is 9.58. The Morgan fingerprint density at radius 3 is 1.75 bits per heavy atom. The van der Waals surface area contributed by atoms with E-state index in [9.17, 15) is 10.2 Å². The van der Waals surface area contributed by atoms with E-state index < -0.39 is 0 Å². The molecule has 0 aliphatic heterocycles. The van der Waals surface area contributed by atoms with Gasteiger partial charge in [0.25, 0.3) is 0 Å². The van der Waals surface area contributed by atoms with Gasteiger partial charge in [-0.05, 0) is 66.5 Å². The molecule has 0 fully saturated rings. The van der Waals surface area contributed by atoms with Crippen molar-refractivity contribution >= 4 is 0 Å². The molecule has 2 aromatic rings. The van der Waals surface area contributed by atoms with E-state index in [0.29, 0.717) is 11.8 Å². The number of benzene rings is 2. The lowest BCUT2D eigenvalue weighted by Gasteiger charge is -2.30. The zero-order valence-corrected chi connectivity index (χ0v) is 13.7. The van der Waals surface area contributed by atoms with Crippen LogP contribution < -0.4 is 0 Å². The van der Waals surface area contributed by atoms with Crippen LogP contribution in [0.2, 0.25) is 0 Å². The first-order valence-corrected chi connectivity index (χ1v) is 8.54. The van der Waals surface area contributed by atoms with Crippen LogP contribution in [0.15, 0.2) is 60.7 Å². The zero-order valence-electron chi connectivity index (χ0n) is 13.7. The summed E-state index contributed by atoms with van der Waals surface area (Å²) in [6.45, 7) is 0.235. The molecule has 0 spiro atoms. The Morgan fingerprint density at radius 1 is 0.792 bits per heavy atom. The molecule has 3 rings (SSSR count). The smallest absolute Gasteiger partial charge is 0.115 e. The molecule has 1 aliphatic rings. The number of phenols is 2.